The molecule has 2 aromatic carbocycles. The summed E-state index contributed by atoms with van der Waals surface area (Å²) in [5, 5.41) is 6.09. The summed E-state index contributed by atoms with van der Waals surface area (Å²) in [7, 11) is -3.63. The minimum absolute atomic E-state index is 0.200. The monoisotopic (exact) mass is 348 g/mol. The van der Waals surface area contributed by atoms with Crippen molar-refractivity contribution < 1.29 is 12.8 Å². The number of thiocarbonyl (C=S) groups is 1. The summed E-state index contributed by atoms with van der Waals surface area (Å²) in [6.07, 6.45) is 0. The van der Waals surface area contributed by atoms with E-state index in [1.807, 2.05) is 37.3 Å². The molecule has 0 aliphatic rings. The smallest absolute Gasteiger partial charge is 0.313 e. The molecule has 0 amide bonds. The Labute approximate surface area is 141 Å². The summed E-state index contributed by atoms with van der Waals surface area (Å²) in [5.41, 5.74) is 1.82. The number of anilines is 1. The molecular weight excluding hydrogens is 330 g/mol. The molecule has 0 bridgehead atoms. The third kappa shape index (κ3) is 5.15. The van der Waals surface area contributed by atoms with Crippen molar-refractivity contribution in [2.24, 2.45) is 0 Å². The number of hydrogen-bond acceptors (Lipinski definition) is 3. The molecule has 0 unspecified atom stereocenters. The summed E-state index contributed by atoms with van der Waals surface area (Å²) in [4.78, 5) is 0.200. The van der Waals surface area contributed by atoms with Gasteiger partial charge in [0, 0.05) is 12.6 Å². The first-order valence-electron chi connectivity index (χ1n) is 6.93. The molecule has 7 heteroatoms. The summed E-state index contributed by atoms with van der Waals surface area (Å²) in [6, 6.07) is 16.0. The van der Waals surface area contributed by atoms with Crippen LogP contribution in [0.2, 0.25) is 0 Å². The zero-order chi connectivity index (χ0) is 16.9. The Hall–Kier alpha value is -2.25. The van der Waals surface area contributed by atoms with Crippen molar-refractivity contribution in [3.63, 3.8) is 0 Å². The van der Waals surface area contributed by atoms with Gasteiger partial charge >= 0.3 is 10.0 Å². The second-order valence-corrected chi connectivity index (χ2v) is 7.08. The lowest BCUT2D eigenvalue weighted by atomic mass is 10.2. The molecule has 5 nitrogen and oxygen atoms in total. The summed E-state index contributed by atoms with van der Waals surface area (Å²) >= 11 is 5.16. The summed E-state index contributed by atoms with van der Waals surface area (Å²) < 4.78 is 27.0. The lowest BCUT2D eigenvalue weighted by molar-refractivity contribution is -0.270. The number of rotatable bonds is 3. The topological polar surface area (TPSA) is 72.2 Å². The van der Waals surface area contributed by atoms with Crippen LogP contribution in [0.25, 0.3) is 0 Å². The molecule has 2 rings (SSSR count). The summed E-state index contributed by atoms with van der Waals surface area (Å²) in [6.45, 7) is 3.50. The minimum Gasteiger partial charge on any atom is -0.313 e. The maximum atomic E-state index is 12.3. The molecule has 0 atom stereocenters. The average Bonchev–Trinajstić information content (AvgIpc) is 2.47. The highest BCUT2D eigenvalue weighted by Gasteiger charge is 2.16. The van der Waals surface area contributed by atoms with Crippen LogP contribution in [0.1, 0.15) is 12.5 Å². The molecule has 120 valence electrons. The lowest BCUT2D eigenvalue weighted by Crippen LogP contribution is -2.79. The van der Waals surface area contributed by atoms with Crippen molar-refractivity contribution in [3.8, 4) is 0 Å². The molecule has 0 heterocycles. The van der Waals surface area contributed by atoms with Gasteiger partial charge in [0.1, 0.15) is 4.90 Å². The molecule has 0 spiro atoms. The highest BCUT2D eigenvalue weighted by atomic mass is 32.2. The van der Waals surface area contributed by atoms with Crippen LogP contribution >= 0.6 is 12.2 Å². The molecule has 0 aliphatic carbocycles. The molecule has 0 aromatic heterocycles. The van der Waals surface area contributed by atoms with Crippen molar-refractivity contribution >= 4 is 38.9 Å². The highest BCUT2D eigenvalue weighted by molar-refractivity contribution is 7.84. The average molecular weight is 348 g/mol. The third-order valence-electron chi connectivity index (χ3n) is 2.95. The number of amidine groups is 1. The molecule has 0 aliphatic heterocycles. The Morgan fingerprint density at radius 1 is 1.04 bits per heavy atom. The van der Waals surface area contributed by atoms with Gasteiger partial charge in [0.25, 0.3) is 10.9 Å². The van der Waals surface area contributed by atoms with E-state index in [1.165, 1.54) is 0 Å². The van der Waals surface area contributed by atoms with Gasteiger partial charge in [-0.05, 0) is 43.4 Å². The normalized spacial score (nSPS) is 11.8. The number of benzene rings is 2. The van der Waals surface area contributed by atoms with Crippen LogP contribution in [0.15, 0.2) is 59.5 Å². The predicted molar refractivity (Wildman–Crippen MR) is 95.8 cm³/mol. The Morgan fingerprint density at radius 2 is 1.65 bits per heavy atom. The molecule has 23 heavy (non-hydrogen) atoms. The van der Waals surface area contributed by atoms with Crippen molar-refractivity contribution in [1.82, 2.24) is 5.32 Å². The largest absolute Gasteiger partial charge is 0.328 e. The van der Waals surface area contributed by atoms with E-state index in [0.29, 0.717) is 10.9 Å². The fourth-order valence-electron chi connectivity index (χ4n) is 1.86. The molecule has 0 saturated heterocycles. The van der Waals surface area contributed by atoms with Crippen molar-refractivity contribution in [2.75, 3.05) is 5.32 Å². The third-order valence-corrected chi connectivity index (χ3v) is 4.62. The Balaban J connectivity index is 2.07. The van der Waals surface area contributed by atoms with E-state index in [4.69, 9.17) is 12.2 Å². The van der Waals surface area contributed by atoms with Crippen molar-refractivity contribution in [2.45, 2.75) is 18.7 Å². The Kier molecular flexibility index (Phi) is 5.46. The standard InChI is InChI=1S/C16H17N3O2S2/c1-12-8-10-15(11-9-12)23(20,21)19-13(2)17-16(22)18-14-6-4-3-5-7-14/h3-11H,1-2H3,(H2,17,18,19,22)/p+1. The van der Waals surface area contributed by atoms with Gasteiger partial charge in [0.15, 0.2) is 0 Å². The lowest BCUT2D eigenvalue weighted by Gasteiger charge is -2.05. The maximum Gasteiger partial charge on any atom is 0.328 e. The predicted octanol–water partition coefficient (Wildman–Crippen LogP) is 1.17. The first-order valence-corrected chi connectivity index (χ1v) is 8.82. The van der Waals surface area contributed by atoms with E-state index in [9.17, 15) is 8.42 Å². The van der Waals surface area contributed by atoms with Crippen LogP contribution in [0, 0.1) is 6.92 Å². The zero-order valence-corrected chi connectivity index (χ0v) is 14.5. The fourth-order valence-corrected chi connectivity index (χ4v) is 3.19. The first-order chi connectivity index (χ1) is 10.9. The van der Waals surface area contributed by atoms with E-state index >= 15 is 0 Å². The second-order valence-electron chi connectivity index (χ2n) is 4.99. The fraction of sp³-hybridized carbons (Fsp3) is 0.125. The van der Waals surface area contributed by atoms with Crippen LogP contribution in [0.4, 0.5) is 5.69 Å². The van der Waals surface area contributed by atoms with Gasteiger partial charge in [0.2, 0.25) is 0 Å². The number of para-hydroxylation sites is 1. The van der Waals surface area contributed by atoms with Gasteiger partial charge in [-0.2, -0.15) is 12.8 Å². The van der Waals surface area contributed by atoms with E-state index < -0.39 is 10.0 Å². The Morgan fingerprint density at radius 3 is 2.26 bits per heavy atom. The van der Waals surface area contributed by atoms with Crippen molar-refractivity contribution in [1.29, 1.82) is 0 Å². The van der Waals surface area contributed by atoms with Crippen LogP contribution in [-0.4, -0.2) is 19.4 Å². The van der Waals surface area contributed by atoms with Crippen LogP contribution in [0.5, 0.6) is 0 Å². The number of hydrogen-bond donors (Lipinski definition) is 3. The minimum atomic E-state index is -3.63. The molecule has 0 saturated carbocycles. The molecular formula is C16H18N3O2S2+. The zero-order valence-electron chi connectivity index (χ0n) is 12.8. The maximum absolute atomic E-state index is 12.3. The quantitative estimate of drug-likeness (QED) is 0.441. The molecule has 0 radical (unpaired) electrons. The van der Waals surface area contributed by atoms with Crippen molar-refractivity contribution in [3.05, 3.63) is 60.2 Å². The van der Waals surface area contributed by atoms with Gasteiger partial charge in [-0.1, -0.05) is 35.9 Å². The first kappa shape index (κ1) is 17.1. The van der Waals surface area contributed by atoms with Gasteiger partial charge in [-0.25, -0.2) is 5.32 Å². The highest BCUT2D eigenvalue weighted by Crippen LogP contribution is 2.06. The molecule has 0 fully saturated rings. The van der Waals surface area contributed by atoms with Crippen LogP contribution in [-0.2, 0) is 10.0 Å². The number of aryl methyl sites for hydroxylation is 1. The SMILES string of the molecule is CC(NC(=S)Nc1ccccc1)=[NH+]S(=O)(=O)c1ccc(C)cc1. The van der Waals surface area contributed by atoms with E-state index in [2.05, 4.69) is 15.0 Å². The van der Waals surface area contributed by atoms with Crippen LogP contribution in [0.3, 0.4) is 0 Å². The van der Waals surface area contributed by atoms with Gasteiger partial charge in [0.05, 0.1) is 0 Å². The Bertz CT molecular complexity index is 814. The van der Waals surface area contributed by atoms with Gasteiger partial charge in [-0.3, -0.25) is 0 Å². The van der Waals surface area contributed by atoms with Gasteiger partial charge in [-0.15, -0.1) is 0 Å². The number of nitrogens with one attached hydrogen (secondary N) is 3. The van der Waals surface area contributed by atoms with Gasteiger partial charge < -0.3 is 5.32 Å². The van der Waals surface area contributed by atoms with E-state index in [1.54, 1.807) is 31.2 Å². The molecule has 3 N–H and O–H groups in total. The van der Waals surface area contributed by atoms with E-state index in [-0.39, 0.29) is 4.90 Å². The second kappa shape index (κ2) is 7.34. The summed E-state index contributed by atoms with van der Waals surface area (Å²) in [5.74, 6) is 0.319. The van der Waals surface area contributed by atoms with Crippen LogP contribution < -0.4 is 15.0 Å². The molecule has 2 aromatic rings. The number of sulfonamides is 1. The van der Waals surface area contributed by atoms with E-state index in [0.717, 1.165) is 11.3 Å².